The minimum atomic E-state index is -0.372. The molecular formula is C6H8O2. The van der Waals surface area contributed by atoms with Crippen LogP contribution in [0.2, 0.25) is 0 Å². The number of carbonyl (C=O) groups excluding carboxylic acids is 1. The average molecular weight is 112 g/mol. The molecule has 44 valence electrons. The average Bonchev–Trinajstić information content (AvgIpc) is 1.83. The third kappa shape index (κ3) is 3.19. The van der Waals surface area contributed by atoms with E-state index >= 15 is 0 Å². The van der Waals surface area contributed by atoms with Gasteiger partial charge in [-0.2, -0.15) is 0 Å². The summed E-state index contributed by atoms with van der Waals surface area (Å²) in [5, 5.41) is 0. The Labute approximate surface area is 48.5 Å². The molecule has 0 spiro atoms. The van der Waals surface area contributed by atoms with Crippen LogP contribution < -0.4 is 0 Å². The number of hydrogen-bond acceptors (Lipinski definition) is 2. The minimum absolute atomic E-state index is 0.372. The fraction of sp³-hybridized carbons (Fsp3) is 0.333. The molecule has 0 atom stereocenters. The number of rotatable bonds is 1. The van der Waals surface area contributed by atoms with Crippen molar-refractivity contribution < 1.29 is 9.53 Å². The van der Waals surface area contributed by atoms with E-state index < -0.39 is 0 Å². The van der Waals surface area contributed by atoms with Gasteiger partial charge in [-0.05, 0) is 13.0 Å². The highest BCUT2D eigenvalue weighted by Crippen LogP contribution is 1.72. The van der Waals surface area contributed by atoms with Crippen LogP contribution in [0.5, 0.6) is 0 Å². The molecule has 0 aromatic rings. The maximum Gasteiger partial charge on any atom is 0.338 e. The van der Waals surface area contributed by atoms with Crippen LogP contribution >= 0.6 is 0 Å². The molecule has 8 heavy (non-hydrogen) atoms. The highest BCUT2D eigenvalue weighted by molar-refractivity contribution is 5.81. The van der Waals surface area contributed by atoms with E-state index in [2.05, 4.69) is 10.5 Å². The monoisotopic (exact) mass is 112 g/mol. The molecule has 0 saturated heterocycles. The molecule has 0 saturated carbocycles. The van der Waals surface area contributed by atoms with Crippen molar-refractivity contribution in [1.82, 2.24) is 0 Å². The second-order valence-electron chi connectivity index (χ2n) is 1.12. The maximum atomic E-state index is 10.2. The molecule has 0 aliphatic rings. The van der Waals surface area contributed by atoms with Gasteiger partial charge in [-0.15, -0.1) is 5.73 Å². The van der Waals surface area contributed by atoms with Gasteiger partial charge in [0.25, 0.3) is 0 Å². The summed E-state index contributed by atoms with van der Waals surface area (Å²) < 4.78 is 4.28. The van der Waals surface area contributed by atoms with Crippen LogP contribution in [0.3, 0.4) is 0 Å². The first kappa shape index (κ1) is 6.99. The van der Waals surface area contributed by atoms with Crippen LogP contribution in [0, 0.1) is 0 Å². The molecule has 0 radical (unpaired) electrons. The molecule has 0 unspecified atom stereocenters. The summed E-state index contributed by atoms with van der Waals surface area (Å²) in [6.45, 7) is 1.78. The van der Waals surface area contributed by atoms with E-state index in [9.17, 15) is 4.79 Å². The second kappa shape index (κ2) is 4.16. The Bertz CT molecular complexity index is 129. The van der Waals surface area contributed by atoms with E-state index in [4.69, 9.17) is 0 Å². The van der Waals surface area contributed by atoms with E-state index in [1.54, 1.807) is 13.0 Å². The van der Waals surface area contributed by atoms with Crippen molar-refractivity contribution in [1.29, 1.82) is 0 Å². The smallest absolute Gasteiger partial charge is 0.338 e. The molecule has 0 bridgehead atoms. The van der Waals surface area contributed by atoms with E-state index in [-0.39, 0.29) is 5.97 Å². The summed E-state index contributed by atoms with van der Waals surface area (Å²) in [7, 11) is 1.33. The summed E-state index contributed by atoms with van der Waals surface area (Å²) >= 11 is 0. The summed E-state index contributed by atoms with van der Waals surface area (Å²) in [5.41, 5.74) is 2.57. The molecule has 2 heteroatoms. The van der Waals surface area contributed by atoms with Gasteiger partial charge in [0.05, 0.1) is 13.2 Å². The lowest BCUT2D eigenvalue weighted by Crippen LogP contribution is -1.91. The summed E-state index contributed by atoms with van der Waals surface area (Å²) in [4.78, 5) is 10.2. The van der Waals surface area contributed by atoms with Crippen molar-refractivity contribution in [2.75, 3.05) is 7.11 Å². The normalized spacial score (nSPS) is 6.75. The van der Waals surface area contributed by atoms with E-state index in [0.29, 0.717) is 0 Å². The minimum Gasteiger partial charge on any atom is -0.465 e. The zero-order chi connectivity index (χ0) is 6.41. The first-order valence-electron chi connectivity index (χ1n) is 2.26. The molecule has 0 N–H and O–H groups in total. The Balaban J connectivity index is 3.71. The fourth-order valence-corrected chi connectivity index (χ4v) is 0.210. The molecule has 0 aliphatic heterocycles. The van der Waals surface area contributed by atoms with E-state index in [0.717, 1.165) is 0 Å². The molecule has 0 aliphatic carbocycles. The molecule has 0 amide bonds. The van der Waals surface area contributed by atoms with Crippen molar-refractivity contribution in [3.05, 3.63) is 17.9 Å². The third-order valence-corrected chi connectivity index (χ3v) is 0.569. The quantitative estimate of drug-likeness (QED) is 0.286. The van der Waals surface area contributed by atoms with Crippen LogP contribution in [0.25, 0.3) is 0 Å². The van der Waals surface area contributed by atoms with Gasteiger partial charge in [0.1, 0.15) is 0 Å². The Morgan fingerprint density at radius 3 is 2.75 bits per heavy atom. The number of ether oxygens (including phenoxy) is 1. The number of hydrogen-bond donors (Lipinski definition) is 0. The van der Waals surface area contributed by atoms with Gasteiger partial charge in [-0.1, -0.05) is 0 Å². The zero-order valence-electron chi connectivity index (χ0n) is 4.97. The van der Waals surface area contributed by atoms with Gasteiger partial charge < -0.3 is 4.74 Å². The summed E-state index contributed by atoms with van der Waals surface area (Å²) in [5.74, 6) is -0.372. The first-order valence-corrected chi connectivity index (χ1v) is 2.26. The number of esters is 1. The van der Waals surface area contributed by atoms with Gasteiger partial charge >= 0.3 is 5.97 Å². The molecule has 0 aromatic heterocycles. The van der Waals surface area contributed by atoms with Crippen molar-refractivity contribution in [3.8, 4) is 0 Å². The summed E-state index contributed by atoms with van der Waals surface area (Å²) in [6.07, 6.45) is 2.87. The Hall–Kier alpha value is -1.01. The van der Waals surface area contributed by atoms with Gasteiger partial charge in [0.15, 0.2) is 0 Å². The van der Waals surface area contributed by atoms with Gasteiger partial charge in [-0.3, -0.25) is 0 Å². The number of carbonyl (C=O) groups is 1. The second-order valence-corrected chi connectivity index (χ2v) is 1.12. The molecule has 0 fully saturated rings. The SMILES string of the molecule is CC=C=CC(=O)OC. The molecule has 0 heterocycles. The predicted molar refractivity (Wildman–Crippen MR) is 30.3 cm³/mol. The lowest BCUT2D eigenvalue weighted by molar-refractivity contribution is -0.134. The molecule has 2 nitrogen and oxygen atoms in total. The van der Waals surface area contributed by atoms with Crippen molar-refractivity contribution >= 4 is 5.97 Å². The largest absolute Gasteiger partial charge is 0.465 e. The van der Waals surface area contributed by atoms with E-state index in [1.165, 1.54) is 13.2 Å². The summed E-state index contributed by atoms with van der Waals surface area (Å²) in [6, 6.07) is 0. The topological polar surface area (TPSA) is 26.3 Å². The lowest BCUT2D eigenvalue weighted by atomic mass is 10.5. The molecule has 0 rings (SSSR count). The zero-order valence-corrected chi connectivity index (χ0v) is 4.97. The molecule has 0 aromatic carbocycles. The Kier molecular flexibility index (Phi) is 3.63. The van der Waals surface area contributed by atoms with Crippen LogP contribution in [-0.4, -0.2) is 13.1 Å². The highest BCUT2D eigenvalue weighted by atomic mass is 16.5. The number of methoxy groups -OCH3 is 1. The first-order chi connectivity index (χ1) is 3.81. The molecular weight excluding hydrogens is 104 g/mol. The van der Waals surface area contributed by atoms with Crippen molar-refractivity contribution in [3.63, 3.8) is 0 Å². The highest BCUT2D eigenvalue weighted by Gasteiger charge is 1.84. The fourth-order valence-electron chi connectivity index (χ4n) is 0.210. The Morgan fingerprint density at radius 2 is 2.38 bits per heavy atom. The van der Waals surface area contributed by atoms with E-state index in [1.807, 2.05) is 0 Å². The standard InChI is InChI=1S/C6H8O2/c1-3-4-5-6(7)8-2/h3,5H,1-2H3. The van der Waals surface area contributed by atoms with Gasteiger partial charge in [0.2, 0.25) is 0 Å². The predicted octanol–water partition coefficient (Wildman–Crippen LogP) is 0.891. The maximum absolute atomic E-state index is 10.2. The third-order valence-electron chi connectivity index (χ3n) is 0.569. The van der Waals surface area contributed by atoms with Crippen molar-refractivity contribution in [2.24, 2.45) is 0 Å². The van der Waals surface area contributed by atoms with Crippen LogP contribution in [0.1, 0.15) is 6.92 Å². The van der Waals surface area contributed by atoms with Gasteiger partial charge in [0, 0.05) is 0 Å². The Morgan fingerprint density at radius 1 is 1.75 bits per heavy atom. The van der Waals surface area contributed by atoms with Gasteiger partial charge in [-0.25, -0.2) is 4.79 Å². The van der Waals surface area contributed by atoms with Crippen LogP contribution in [0.4, 0.5) is 0 Å². The van der Waals surface area contributed by atoms with Crippen LogP contribution in [-0.2, 0) is 9.53 Å². The van der Waals surface area contributed by atoms with Crippen LogP contribution in [0.15, 0.2) is 17.9 Å². The van der Waals surface area contributed by atoms with Crippen molar-refractivity contribution in [2.45, 2.75) is 6.92 Å². The lowest BCUT2D eigenvalue weighted by Gasteiger charge is -1.83.